The number of halogens is 1. The fraction of sp³-hybridized carbons (Fsp3) is 0.141. The van der Waals surface area contributed by atoms with Crippen molar-refractivity contribution in [2.45, 2.75) is 71.5 Å². The first-order valence-corrected chi connectivity index (χ1v) is 29.8. The smallest absolute Gasteiger partial charge is 0.341 e. The van der Waals surface area contributed by atoms with Crippen LogP contribution in [0, 0.1) is 5.82 Å². The minimum Gasteiger partial charge on any atom is -0.489 e. The lowest BCUT2D eigenvalue weighted by Crippen LogP contribution is -2.35. The molecule has 0 unspecified atom stereocenters. The summed E-state index contributed by atoms with van der Waals surface area (Å²) < 4.78 is 85.0. The van der Waals surface area contributed by atoms with Gasteiger partial charge in [-0.15, -0.1) is 0 Å². The van der Waals surface area contributed by atoms with Crippen LogP contribution in [0.15, 0.2) is 273 Å². The van der Waals surface area contributed by atoms with Crippen LogP contribution in [0.4, 0.5) is 4.39 Å². The van der Waals surface area contributed by atoms with Crippen LogP contribution in [0.5, 0.6) is 51.7 Å². The summed E-state index contributed by atoms with van der Waals surface area (Å²) in [5.41, 5.74) is 7.60. The van der Waals surface area contributed by atoms with E-state index in [0.29, 0.717) is 45.6 Å². The van der Waals surface area contributed by atoms with E-state index in [1.54, 1.807) is 0 Å². The van der Waals surface area contributed by atoms with Crippen molar-refractivity contribution in [3.8, 4) is 51.7 Å². The molecule has 11 aromatic rings. The molecule has 0 bridgehead atoms. The Kier molecular flexibility index (Phi) is 19.5. The zero-order valence-corrected chi connectivity index (χ0v) is 49.4. The van der Waals surface area contributed by atoms with Gasteiger partial charge >= 0.3 is 5.97 Å². The molecule has 0 radical (unpaired) electrons. The van der Waals surface area contributed by atoms with Crippen LogP contribution in [0.2, 0.25) is 0 Å². The highest BCUT2D eigenvalue weighted by atomic mass is 19.1. The summed E-state index contributed by atoms with van der Waals surface area (Å²) in [7, 11) is 0. The molecule has 1 aliphatic heterocycles. The lowest BCUT2D eigenvalue weighted by atomic mass is 9.93. The second-order valence-corrected chi connectivity index (χ2v) is 21.5. The van der Waals surface area contributed by atoms with Gasteiger partial charge in [0.25, 0.3) is 0 Å². The largest absolute Gasteiger partial charge is 0.489 e. The lowest BCUT2D eigenvalue weighted by Gasteiger charge is -2.35. The second kappa shape index (κ2) is 29.6. The maximum absolute atomic E-state index is 18.1. The topological polar surface area (TPSA) is 109 Å². The molecule has 0 saturated heterocycles. The SMILES string of the molecule is O=C(O[C@@H]1Cc2c(OCc3ccccc3)cc(OCc3ccccc3)cc2O[C@H]1c1cc(OCc2ccccc2)c(OCc2ccccc2)c(OCc2ccccc2)c1)c1cc(OCc2ccccc2)c(OCc2ccccc2)c(OCc2ccccc2)c1F. The Hall–Kier alpha value is -11.0. The van der Waals surface area contributed by atoms with Crippen molar-refractivity contribution in [2.75, 3.05) is 0 Å². The number of ether oxygens (including phenoxy) is 10. The monoisotopic (exact) mass is 1200 g/mol. The maximum atomic E-state index is 18.1. The third-order valence-electron chi connectivity index (χ3n) is 15.0. The van der Waals surface area contributed by atoms with E-state index in [1.165, 1.54) is 6.07 Å². The number of carbonyl (C=O) groups excluding carboxylic acids is 1. The zero-order valence-electron chi connectivity index (χ0n) is 49.4. The lowest BCUT2D eigenvalue weighted by molar-refractivity contribution is -0.0195. The van der Waals surface area contributed by atoms with Gasteiger partial charge in [0.05, 0.1) is 0 Å². The predicted octanol–water partition coefficient (Wildman–Crippen LogP) is 17.4. The molecule has 0 spiro atoms. The van der Waals surface area contributed by atoms with Gasteiger partial charge in [-0.3, -0.25) is 0 Å². The van der Waals surface area contributed by atoms with E-state index in [1.807, 2.05) is 267 Å². The number of hydrogen-bond donors (Lipinski definition) is 0. The molecule has 12 rings (SSSR count). The van der Waals surface area contributed by atoms with Gasteiger partial charge in [-0.2, -0.15) is 0 Å². The molecule has 0 aromatic heterocycles. The number of carbonyl (C=O) groups is 1. The van der Waals surface area contributed by atoms with Crippen molar-refractivity contribution < 1.29 is 56.6 Å². The zero-order chi connectivity index (χ0) is 61.1. The third-order valence-corrected chi connectivity index (χ3v) is 15.0. The summed E-state index contributed by atoms with van der Waals surface area (Å²) in [6.07, 6.45) is -2.28. The fourth-order valence-corrected chi connectivity index (χ4v) is 10.3. The second-order valence-electron chi connectivity index (χ2n) is 21.5. The number of hydrogen-bond acceptors (Lipinski definition) is 11. The number of esters is 1. The molecular formula is C78H65FO11. The maximum Gasteiger partial charge on any atom is 0.341 e. The van der Waals surface area contributed by atoms with Gasteiger partial charge in [-0.05, 0) is 56.6 Å². The molecule has 1 aliphatic rings. The van der Waals surface area contributed by atoms with Crippen molar-refractivity contribution >= 4 is 5.97 Å². The third kappa shape index (κ3) is 15.6. The molecule has 0 fully saturated rings. The normalized spacial score (nSPS) is 13.2. The van der Waals surface area contributed by atoms with Gasteiger partial charge in [0, 0.05) is 35.7 Å². The minimum absolute atomic E-state index is 0.0239. The number of rotatable bonds is 27. The summed E-state index contributed by atoms with van der Waals surface area (Å²) in [4.78, 5) is 15.6. The van der Waals surface area contributed by atoms with Crippen LogP contribution in [-0.2, 0) is 64.0 Å². The van der Waals surface area contributed by atoms with Crippen molar-refractivity contribution in [3.63, 3.8) is 0 Å². The molecule has 0 saturated carbocycles. The van der Waals surface area contributed by atoms with Crippen LogP contribution in [-0.4, -0.2) is 12.1 Å². The molecule has 90 heavy (non-hydrogen) atoms. The molecular weight excluding hydrogens is 1130 g/mol. The van der Waals surface area contributed by atoms with Gasteiger partial charge in [-0.1, -0.05) is 243 Å². The predicted molar refractivity (Wildman–Crippen MR) is 342 cm³/mol. The van der Waals surface area contributed by atoms with E-state index in [4.69, 9.17) is 47.4 Å². The Labute approximate surface area is 523 Å². The summed E-state index contributed by atoms with van der Waals surface area (Å²) in [6.45, 7) is 0.973. The highest BCUT2D eigenvalue weighted by Crippen LogP contribution is 2.49. The van der Waals surface area contributed by atoms with E-state index >= 15 is 9.18 Å². The minimum atomic E-state index is -1.18. The first kappa shape index (κ1) is 59.4. The first-order valence-electron chi connectivity index (χ1n) is 29.8. The van der Waals surface area contributed by atoms with E-state index in [-0.39, 0.29) is 76.5 Å². The fourth-order valence-electron chi connectivity index (χ4n) is 10.3. The van der Waals surface area contributed by atoms with Gasteiger partial charge in [-0.25, -0.2) is 9.18 Å². The van der Waals surface area contributed by atoms with Crippen LogP contribution in [0.1, 0.15) is 72.1 Å². The Morgan fingerprint density at radius 1 is 0.356 bits per heavy atom. The van der Waals surface area contributed by atoms with Crippen molar-refractivity contribution in [1.82, 2.24) is 0 Å². The van der Waals surface area contributed by atoms with Gasteiger partial charge < -0.3 is 47.4 Å². The number of fused-ring (bicyclic) bond motifs is 1. The van der Waals surface area contributed by atoms with Crippen molar-refractivity contribution in [3.05, 3.63) is 340 Å². The molecule has 2 atom stereocenters. The molecule has 0 aliphatic carbocycles. The molecule has 0 amide bonds. The Morgan fingerprint density at radius 2 is 0.678 bits per heavy atom. The molecule has 1 heterocycles. The highest BCUT2D eigenvalue weighted by Gasteiger charge is 2.40. The molecule has 450 valence electrons. The quantitative estimate of drug-likeness (QED) is 0.0459. The summed E-state index contributed by atoms with van der Waals surface area (Å²) >= 11 is 0. The van der Waals surface area contributed by atoms with E-state index < -0.39 is 29.6 Å². The highest BCUT2D eigenvalue weighted by molar-refractivity contribution is 5.92. The standard InChI is InChI=1S/C78H65FO11/c79-73-66(46-71(85-51-59-33-17-5-18-34-59)76(87-53-61-37-21-7-22-38-61)77(73)88-54-62-39-23-8-24-40-62)78(80)90-72-45-65-67(82-48-56-27-11-2-12-28-56)43-64(81-47-55-25-9-1-10-26-55)44-68(65)89-74(72)63-41-69(83-49-57-29-13-3-14-30-57)75(86-52-60-35-19-6-20-36-60)70(42-63)84-50-58-31-15-4-16-32-58/h1-44,46,72,74H,45,47-54H2/t72-,74+/m1/s1. The van der Waals surface area contributed by atoms with Crippen LogP contribution in [0.3, 0.4) is 0 Å². The average Bonchev–Trinajstić information content (AvgIpc) is 1.17. The summed E-state index contributed by atoms with van der Waals surface area (Å²) in [5.74, 6) is -0.0333. The van der Waals surface area contributed by atoms with Crippen molar-refractivity contribution in [2.24, 2.45) is 0 Å². The van der Waals surface area contributed by atoms with Gasteiger partial charge in [0.2, 0.25) is 17.2 Å². The van der Waals surface area contributed by atoms with Gasteiger partial charge in [0.1, 0.15) is 81.8 Å². The van der Waals surface area contributed by atoms with E-state index in [0.717, 1.165) is 44.5 Å². The first-order chi connectivity index (χ1) is 44.4. The Balaban J connectivity index is 0.989. The molecule has 0 N–H and O–H groups in total. The molecule has 12 heteroatoms. The van der Waals surface area contributed by atoms with E-state index in [2.05, 4.69) is 0 Å². The molecule has 11 aromatic carbocycles. The van der Waals surface area contributed by atoms with Crippen molar-refractivity contribution in [1.29, 1.82) is 0 Å². The van der Waals surface area contributed by atoms with E-state index in [9.17, 15) is 0 Å². The molecule has 11 nitrogen and oxygen atoms in total. The average molecular weight is 1200 g/mol. The Bertz CT molecular complexity index is 4010. The summed E-state index contributed by atoms with van der Waals surface area (Å²) in [6, 6.07) is 86.0. The van der Waals surface area contributed by atoms with Crippen LogP contribution >= 0.6 is 0 Å². The number of benzene rings is 11. The van der Waals surface area contributed by atoms with Crippen LogP contribution < -0.4 is 42.6 Å². The summed E-state index contributed by atoms with van der Waals surface area (Å²) in [5, 5.41) is 0. The Morgan fingerprint density at radius 3 is 1.07 bits per heavy atom. The van der Waals surface area contributed by atoms with Gasteiger partial charge in [0.15, 0.2) is 29.2 Å². The van der Waals surface area contributed by atoms with Crippen LogP contribution in [0.25, 0.3) is 0 Å².